The van der Waals surface area contributed by atoms with E-state index in [1.54, 1.807) is 0 Å². The van der Waals surface area contributed by atoms with Crippen molar-refractivity contribution in [1.29, 1.82) is 0 Å². The molecule has 62 valence electrons. The average Bonchev–Trinajstić information content (AvgIpc) is 2.47. The summed E-state index contributed by atoms with van der Waals surface area (Å²) < 4.78 is 0. The summed E-state index contributed by atoms with van der Waals surface area (Å²) in [6.07, 6.45) is 6.31. The molecule has 0 spiro atoms. The van der Waals surface area contributed by atoms with Crippen molar-refractivity contribution in [3.05, 3.63) is 54.1 Å². The standard InChI is InChI=1S/C11H10.BrH/c1-2-9-7-8-10-5-3-4-6-11(9)10;/h2-9H,1H2;1H. The Morgan fingerprint density at radius 3 is 2.75 bits per heavy atom. The Bertz CT molecular complexity index is 313. The van der Waals surface area contributed by atoms with Gasteiger partial charge >= 0.3 is 0 Å². The molecule has 0 nitrogen and oxygen atoms in total. The maximum absolute atomic E-state index is 3.79. The summed E-state index contributed by atoms with van der Waals surface area (Å²) in [7, 11) is 0. The van der Waals surface area contributed by atoms with E-state index in [4.69, 9.17) is 0 Å². The van der Waals surface area contributed by atoms with E-state index in [0.717, 1.165) is 0 Å². The third kappa shape index (κ3) is 1.37. The van der Waals surface area contributed by atoms with Crippen LogP contribution in [0.1, 0.15) is 17.0 Å². The van der Waals surface area contributed by atoms with Crippen LogP contribution in [0.5, 0.6) is 0 Å². The van der Waals surface area contributed by atoms with Crippen LogP contribution < -0.4 is 0 Å². The summed E-state index contributed by atoms with van der Waals surface area (Å²) in [6, 6.07) is 8.42. The van der Waals surface area contributed by atoms with E-state index in [-0.39, 0.29) is 17.0 Å². The molecule has 12 heavy (non-hydrogen) atoms. The van der Waals surface area contributed by atoms with Gasteiger partial charge in [-0.1, -0.05) is 42.5 Å². The number of allylic oxidation sites excluding steroid dienone is 2. The number of hydrogen-bond acceptors (Lipinski definition) is 0. The van der Waals surface area contributed by atoms with E-state index in [1.807, 2.05) is 6.08 Å². The molecule has 1 aliphatic rings. The average molecular weight is 223 g/mol. The molecule has 1 unspecified atom stereocenters. The van der Waals surface area contributed by atoms with Gasteiger partial charge in [-0.3, -0.25) is 0 Å². The van der Waals surface area contributed by atoms with Gasteiger partial charge < -0.3 is 0 Å². The molecule has 1 atom stereocenters. The normalized spacial score (nSPS) is 18.2. The van der Waals surface area contributed by atoms with Crippen LogP contribution in [-0.2, 0) is 0 Å². The van der Waals surface area contributed by atoms with Crippen LogP contribution in [-0.4, -0.2) is 0 Å². The minimum absolute atomic E-state index is 0. The Morgan fingerprint density at radius 2 is 2.00 bits per heavy atom. The van der Waals surface area contributed by atoms with Crippen LogP contribution in [0.2, 0.25) is 0 Å². The van der Waals surface area contributed by atoms with Crippen LogP contribution in [0.3, 0.4) is 0 Å². The topological polar surface area (TPSA) is 0 Å². The van der Waals surface area contributed by atoms with Gasteiger partial charge in [-0.2, -0.15) is 0 Å². The first-order valence-electron chi connectivity index (χ1n) is 3.81. The quantitative estimate of drug-likeness (QED) is 0.638. The van der Waals surface area contributed by atoms with Gasteiger partial charge in [0.15, 0.2) is 0 Å². The molecular weight excluding hydrogens is 212 g/mol. The van der Waals surface area contributed by atoms with Gasteiger partial charge in [-0.25, -0.2) is 0 Å². The van der Waals surface area contributed by atoms with Crippen molar-refractivity contribution in [1.82, 2.24) is 0 Å². The SMILES string of the molecule is Br.C=CC1C=Cc2ccccc21. The van der Waals surface area contributed by atoms with Crippen LogP contribution in [0, 0.1) is 0 Å². The van der Waals surface area contributed by atoms with Crippen molar-refractivity contribution in [2.24, 2.45) is 0 Å². The first-order chi connectivity index (χ1) is 5.42. The zero-order valence-corrected chi connectivity index (χ0v) is 8.45. The Morgan fingerprint density at radius 1 is 1.25 bits per heavy atom. The zero-order chi connectivity index (χ0) is 7.68. The zero-order valence-electron chi connectivity index (χ0n) is 6.73. The van der Waals surface area contributed by atoms with Crippen molar-refractivity contribution in [2.45, 2.75) is 5.92 Å². The lowest BCUT2D eigenvalue weighted by molar-refractivity contribution is 1.12. The molecule has 0 amide bonds. The minimum atomic E-state index is 0. The number of rotatable bonds is 1. The van der Waals surface area contributed by atoms with E-state index in [0.29, 0.717) is 5.92 Å². The van der Waals surface area contributed by atoms with Crippen molar-refractivity contribution in [2.75, 3.05) is 0 Å². The van der Waals surface area contributed by atoms with Crippen LogP contribution in [0.4, 0.5) is 0 Å². The van der Waals surface area contributed by atoms with Gasteiger partial charge in [0, 0.05) is 5.92 Å². The fourth-order valence-electron chi connectivity index (χ4n) is 1.48. The fraction of sp³-hybridized carbons (Fsp3) is 0.0909. The monoisotopic (exact) mass is 222 g/mol. The lowest BCUT2D eigenvalue weighted by Gasteiger charge is -2.03. The highest BCUT2D eigenvalue weighted by Gasteiger charge is 2.11. The summed E-state index contributed by atoms with van der Waals surface area (Å²) in [5.41, 5.74) is 2.71. The largest absolute Gasteiger partial charge is 0.114 e. The highest BCUT2D eigenvalue weighted by Crippen LogP contribution is 2.29. The molecule has 2 rings (SSSR count). The molecule has 0 heterocycles. The second-order valence-corrected chi connectivity index (χ2v) is 2.75. The highest BCUT2D eigenvalue weighted by molar-refractivity contribution is 8.93. The number of halogens is 1. The van der Waals surface area contributed by atoms with E-state index in [9.17, 15) is 0 Å². The number of fused-ring (bicyclic) bond motifs is 1. The number of hydrogen-bond donors (Lipinski definition) is 0. The van der Waals surface area contributed by atoms with E-state index < -0.39 is 0 Å². The van der Waals surface area contributed by atoms with Crippen LogP contribution >= 0.6 is 17.0 Å². The number of benzene rings is 1. The first-order valence-corrected chi connectivity index (χ1v) is 3.81. The van der Waals surface area contributed by atoms with Gasteiger partial charge in [0.2, 0.25) is 0 Å². The van der Waals surface area contributed by atoms with Gasteiger partial charge in [0.25, 0.3) is 0 Å². The van der Waals surface area contributed by atoms with Gasteiger partial charge in [-0.05, 0) is 11.1 Å². The van der Waals surface area contributed by atoms with Crippen molar-refractivity contribution >= 4 is 23.1 Å². The Labute approximate surface area is 83.4 Å². The third-order valence-electron chi connectivity index (χ3n) is 2.09. The molecule has 1 aliphatic carbocycles. The van der Waals surface area contributed by atoms with Crippen LogP contribution in [0.25, 0.3) is 6.08 Å². The molecule has 0 bridgehead atoms. The summed E-state index contributed by atoms with van der Waals surface area (Å²) in [5.74, 6) is 0.436. The van der Waals surface area contributed by atoms with Gasteiger partial charge in [-0.15, -0.1) is 23.6 Å². The lowest BCUT2D eigenvalue weighted by atomic mass is 10.0. The van der Waals surface area contributed by atoms with E-state index in [2.05, 4.69) is 43.0 Å². The predicted octanol–water partition coefficient (Wildman–Crippen LogP) is 3.56. The summed E-state index contributed by atoms with van der Waals surface area (Å²) >= 11 is 0. The molecular formula is C11H11Br. The second kappa shape index (κ2) is 3.72. The molecule has 1 heteroatoms. The predicted molar refractivity (Wildman–Crippen MR) is 58.7 cm³/mol. The highest BCUT2D eigenvalue weighted by atomic mass is 79.9. The molecule has 0 aromatic heterocycles. The van der Waals surface area contributed by atoms with Gasteiger partial charge in [0.05, 0.1) is 0 Å². The summed E-state index contributed by atoms with van der Waals surface area (Å²) in [6.45, 7) is 3.79. The maximum Gasteiger partial charge on any atom is 0.0205 e. The molecule has 0 N–H and O–H groups in total. The van der Waals surface area contributed by atoms with Crippen molar-refractivity contribution in [3.63, 3.8) is 0 Å². The lowest BCUT2D eigenvalue weighted by Crippen LogP contribution is -1.86. The fourth-order valence-corrected chi connectivity index (χ4v) is 1.48. The summed E-state index contributed by atoms with van der Waals surface area (Å²) in [5, 5.41) is 0. The van der Waals surface area contributed by atoms with E-state index >= 15 is 0 Å². The maximum atomic E-state index is 3.79. The molecule has 0 saturated heterocycles. The molecule has 0 radical (unpaired) electrons. The Hall–Kier alpha value is -0.820. The smallest absolute Gasteiger partial charge is 0.0205 e. The molecule has 0 aliphatic heterocycles. The van der Waals surface area contributed by atoms with E-state index in [1.165, 1.54) is 11.1 Å². The Kier molecular flexibility index (Phi) is 2.88. The molecule has 1 aromatic rings. The molecule has 0 saturated carbocycles. The third-order valence-corrected chi connectivity index (χ3v) is 2.09. The first kappa shape index (κ1) is 9.27. The molecule has 1 aromatic carbocycles. The molecule has 0 fully saturated rings. The van der Waals surface area contributed by atoms with Gasteiger partial charge in [0.1, 0.15) is 0 Å². The minimum Gasteiger partial charge on any atom is -0.114 e. The van der Waals surface area contributed by atoms with Crippen molar-refractivity contribution < 1.29 is 0 Å². The second-order valence-electron chi connectivity index (χ2n) is 2.75. The van der Waals surface area contributed by atoms with Crippen molar-refractivity contribution in [3.8, 4) is 0 Å². The summed E-state index contributed by atoms with van der Waals surface area (Å²) in [4.78, 5) is 0. The Balaban J connectivity index is 0.000000720. The van der Waals surface area contributed by atoms with Crippen LogP contribution in [0.15, 0.2) is 43.0 Å².